The van der Waals surface area contributed by atoms with Crippen molar-refractivity contribution in [3.05, 3.63) is 22.2 Å². The van der Waals surface area contributed by atoms with Gasteiger partial charge in [-0.2, -0.15) is 16.3 Å². The highest BCUT2D eigenvalue weighted by molar-refractivity contribution is 7.08. The van der Waals surface area contributed by atoms with Crippen molar-refractivity contribution in [1.82, 2.24) is 15.5 Å². The molecule has 1 aliphatic rings. The number of thiophene rings is 1. The Morgan fingerprint density at radius 3 is 3.17 bits per heavy atom. The van der Waals surface area contributed by atoms with Gasteiger partial charge in [0.1, 0.15) is 0 Å². The zero-order valence-electron chi connectivity index (χ0n) is 10.2. The van der Waals surface area contributed by atoms with Crippen LogP contribution in [0, 0.1) is 6.92 Å². The fourth-order valence-corrected chi connectivity index (χ4v) is 2.82. The highest BCUT2D eigenvalue weighted by Crippen LogP contribution is 2.24. The number of aromatic nitrogens is 2. The molecule has 0 bridgehead atoms. The molecule has 1 unspecified atom stereocenters. The summed E-state index contributed by atoms with van der Waals surface area (Å²) in [5.41, 5.74) is 2.24. The zero-order valence-corrected chi connectivity index (χ0v) is 11.0. The summed E-state index contributed by atoms with van der Waals surface area (Å²) >= 11 is 1.65. The van der Waals surface area contributed by atoms with Gasteiger partial charge in [-0.15, -0.1) is 0 Å². The van der Waals surface area contributed by atoms with Crippen LogP contribution in [0.15, 0.2) is 15.3 Å². The third kappa shape index (κ3) is 2.45. The molecule has 3 rings (SSSR count). The molecule has 3 heterocycles. The number of aryl methyl sites for hydroxylation is 1. The molecule has 0 amide bonds. The summed E-state index contributed by atoms with van der Waals surface area (Å²) in [6, 6.07) is 0.274. The zero-order chi connectivity index (χ0) is 12.4. The lowest BCUT2D eigenvalue weighted by atomic mass is 10.2. The molecular formula is C12H15N3O2S. The molecular weight excluding hydrogens is 250 g/mol. The van der Waals surface area contributed by atoms with Crippen molar-refractivity contribution >= 4 is 11.3 Å². The molecule has 0 spiro atoms. The molecule has 6 heteroatoms. The quantitative estimate of drug-likeness (QED) is 0.914. The van der Waals surface area contributed by atoms with Crippen molar-refractivity contribution in [1.29, 1.82) is 0 Å². The van der Waals surface area contributed by atoms with Gasteiger partial charge >= 0.3 is 0 Å². The van der Waals surface area contributed by atoms with Crippen LogP contribution in [-0.2, 0) is 11.2 Å². The molecule has 0 aromatic carbocycles. The second-order valence-electron chi connectivity index (χ2n) is 4.41. The average molecular weight is 265 g/mol. The Hall–Kier alpha value is -1.24. The second kappa shape index (κ2) is 5.17. The minimum Gasteiger partial charge on any atom is -0.378 e. The molecule has 1 atom stereocenters. The fraction of sp³-hybridized carbons (Fsp3) is 0.500. The molecule has 0 saturated carbocycles. The van der Waals surface area contributed by atoms with Gasteiger partial charge in [0.05, 0.1) is 13.2 Å². The van der Waals surface area contributed by atoms with Crippen LogP contribution >= 0.6 is 11.3 Å². The SMILES string of the molecule is Cc1cscc1-c1noc(CC2COCCN2)n1. The number of ether oxygens (including phenoxy) is 1. The van der Waals surface area contributed by atoms with Crippen LogP contribution in [0.25, 0.3) is 11.4 Å². The van der Waals surface area contributed by atoms with Crippen molar-refractivity contribution in [3.8, 4) is 11.4 Å². The summed E-state index contributed by atoms with van der Waals surface area (Å²) in [6.45, 7) is 4.42. The van der Waals surface area contributed by atoms with Gasteiger partial charge in [0.15, 0.2) is 0 Å². The maximum Gasteiger partial charge on any atom is 0.228 e. The predicted molar refractivity (Wildman–Crippen MR) is 68.7 cm³/mol. The van der Waals surface area contributed by atoms with E-state index in [9.17, 15) is 0 Å². The largest absolute Gasteiger partial charge is 0.378 e. The number of morpholine rings is 1. The first-order valence-electron chi connectivity index (χ1n) is 6.00. The van der Waals surface area contributed by atoms with Crippen molar-refractivity contribution < 1.29 is 9.26 Å². The van der Waals surface area contributed by atoms with Crippen LogP contribution in [0.1, 0.15) is 11.5 Å². The van der Waals surface area contributed by atoms with Gasteiger partial charge < -0.3 is 14.6 Å². The van der Waals surface area contributed by atoms with E-state index < -0.39 is 0 Å². The molecule has 1 fully saturated rings. The Labute approximate surface area is 109 Å². The number of hydrogen-bond donors (Lipinski definition) is 1. The summed E-state index contributed by atoms with van der Waals surface area (Å²) < 4.78 is 10.7. The Morgan fingerprint density at radius 1 is 1.50 bits per heavy atom. The van der Waals surface area contributed by atoms with Crippen LogP contribution < -0.4 is 5.32 Å². The summed E-state index contributed by atoms with van der Waals surface area (Å²) in [5, 5.41) is 11.5. The molecule has 5 nitrogen and oxygen atoms in total. The van der Waals surface area contributed by atoms with E-state index >= 15 is 0 Å². The Balaban J connectivity index is 1.71. The highest BCUT2D eigenvalue weighted by atomic mass is 32.1. The van der Waals surface area contributed by atoms with Crippen molar-refractivity contribution in [2.24, 2.45) is 0 Å². The molecule has 1 aliphatic heterocycles. The molecule has 96 valence electrons. The van der Waals surface area contributed by atoms with Gasteiger partial charge in [-0.1, -0.05) is 5.16 Å². The molecule has 2 aromatic heterocycles. The summed E-state index contributed by atoms with van der Waals surface area (Å²) in [4.78, 5) is 4.44. The third-order valence-electron chi connectivity index (χ3n) is 2.98. The van der Waals surface area contributed by atoms with Crippen LogP contribution in [-0.4, -0.2) is 35.9 Å². The van der Waals surface area contributed by atoms with Gasteiger partial charge in [0, 0.05) is 30.0 Å². The number of hydrogen-bond acceptors (Lipinski definition) is 6. The number of nitrogens with one attached hydrogen (secondary N) is 1. The number of nitrogens with zero attached hydrogens (tertiary/aromatic N) is 2. The van der Waals surface area contributed by atoms with E-state index in [-0.39, 0.29) is 6.04 Å². The summed E-state index contributed by atoms with van der Waals surface area (Å²) in [6.07, 6.45) is 0.718. The Bertz CT molecular complexity index is 517. The standard InChI is InChI=1S/C12H15N3O2S/c1-8-6-18-7-10(8)12-14-11(17-15-12)4-9-5-16-3-2-13-9/h6-7,9,13H,2-5H2,1H3. The van der Waals surface area contributed by atoms with Gasteiger partial charge in [0.2, 0.25) is 11.7 Å². The molecule has 0 radical (unpaired) electrons. The highest BCUT2D eigenvalue weighted by Gasteiger charge is 2.18. The normalized spacial score (nSPS) is 20.2. The minimum atomic E-state index is 0.274. The van der Waals surface area contributed by atoms with Crippen LogP contribution in [0.4, 0.5) is 0 Å². The smallest absolute Gasteiger partial charge is 0.228 e. The van der Waals surface area contributed by atoms with Crippen LogP contribution in [0.5, 0.6) is 0 Å². The average Bonchev–Trinajstić information content (AvgIpc) is 2.99. The molecule has 0 aliphatic carbocycles. The summed E-state index contributed by atoms with van der Waals surface area (Å²) in [7, 11) is 0. The predicted octanol–water partition coefficient (Wildman–Crippen LogP) is 1.64. The summed E-state index contributed by atoms with van der Waals surface area (Å²) in [5.74, 6) is 1.35. The number of rotatable bonds is 3. The van der Waals surface area contributed by atoms with E-state index in [1.807, 2.05) is 5.38 Å². The molecule has 1 N–H and O–H groups in total. The molecule has 1 saturated heterocycles. The van der Waals surface area contributed by atoms with E-state index in [1.165, 1.54) is 5.56 Å². The van der Waals surface area contributed by atoms with E-state index in [0.29, 0.717) is 18.3 Å². The van der Waals surface area contributed by atoms with Crippen molar-refractivity contribution in [3.63, 3.8) is 0 Å². The Morgan fingerprint density at radius 2 is 2.44 bits per heavy atom. The second-order valence-corrected chi connectivity index (χ2v) is 5.15. The topological polar surface area (TPSA) is 60.2 Å². The molecule has 2 aromatic rings. The van der Waals surface area contributed by atoms with Crippen molar-refractivity contribution in [2.75, 3.05) is 19.8 Å². The van der Waals surface area contributed by atoms with Gasteiger partial charge in [-0.25, -0.2) is 0 Å². The fourth-order valence-electron chi connectivity index (χ4n) is 2.00. The van der Waals surface area contributed by atoms with Crippen molar-refractivity contribution in [2.45, 2.75) is 19.4 Å². The van der Waals surface area contributed by atoms with E-state index in [2.05, 4.69) is 27.8 Å². The van der Waals surface area contributed by atoms with E-state index in [4.69, 9.17) is 9.26 Å². The lowest BCUT2D eigenvalue weighted by Crippen LogP contribution is -2.42. The first kappa shape index (κ1) is 11.8. The minimum absolute atomic E-state index is 0.274. The molecule has 18 heavy (non-hydrogen) atoms. The van der Waals surface area contributed by atoms with E-state index in [1.54, 1.807) is 11.3 Å². The monoisotopic (exact) mass is 265 g/mol. The van der Waals surface area contributed by atoms with Crippen LogP contribution in [0.2, 0.25) is 0 Å². The van der Waals surface area contributed by atoms with Crippen LogP contribution in [0.3, 0.4) is 0 Å². The maximum atomic E-state index is 5.40. The lowest BCUT2D eigenvalue weighted by molar-refractivity contribution is 0.0744. The Kier molecular flexibility index (Phi) is 3.40. The third-order valence-corrected chi connectivity index (χ3v) is 3.85. The van der Waals surface area contributed by atoms with E-state index in [0.717, 1.165) is 25.1 Å². The van der Waals surface area contributed by atoms with Gasteiger partial charge in [0.25, 0.3) is 0 Å². The first-order chi connectivity index (χ1) is 8.83. The first-order valence-corrected chi connectivity index (χ1v) is 6.94. The van der Waals surface area contributed by atoms with Gasteiger partial charge in [-0.3, -0.25) is 0 Å². The lowest BCUT2D eigenvalue weighted by Gasteiger charge is -2.22. The van der Waals surface area contributed by atoms with Gasteiger partial charge in [-0.05, 0) is 17.9 Å². The maximum absolute atomic E-state index is 5.40.